The molecule has 1 fully saturated rings. The second-order valence-corrected chi connectivity index (χ2v) is 7.11. The van der Waals surface area contributed by atoms with Crippen LogP contribution in [-0.4, -0.2) is 27.6 Å². The van der Waals surface area contributed by atoms with Crippen molar-refractivity contribution in [1.29, 1.82) is 0 Å². The van der Waals surface area contributed by atoms with E-state index in [9.17, 15) is 14.4 Å². The molecule has 0 radical (unpaired) electrons. The third-order valence-electron chi connectivity index (χ3n) is 4.63. The highest BCUT2D eigenvalue weighted by Crippen LogP contribution is 2.30. The van der Waals surface area contributed by atoms with Gasteiger partial charge in [0, 0.05) is 30.5 Å². The average molecular weight is 404 g/mol. The number of nitrogens with zero attached hydrogens (tertiary/aromatic N) is 2. The van der Waals surface area contributed by atoms with Crippen molar-refractivity contribution in [3.63, 3.8) is 0 Å². The quantitative estimate of drug-likeness (QED) is 0.485. The van der Waals surface area contributed by atoms with Crippen molar-refractivity contribution in [2.24, 2.45) is 13.0 Å². The smallest absolute Gasteiger partial charge is 0.343 e. The van der Waals surface area contributed by atoms with Crippen LogP contribution < -0.4 is 15.4 Å². The summed E-state index contributed by atoms with van der Waals surface area (Å²) in [6.07, 6.45) is 4.96. The molecule has 1 saturated carbocycles. The van der Waals surface area contributed by atoms with Gasteiger partial charge in [0.1, 0.15) is 5.75 Å². The molecule has 1 aromatic heterocycles. The molecular formula is C22H20N4O4. The van der Waals surface area contributed by atoms with E-state index in [-0.39, 0.29) is 17.7 Å². The summed E-state index contributed by atoms with van der Waals surface area (Å²) in [6, 6.07) is 13.0. The van der Waals surface area contributed by atoms with Gasteiger partial charge in [-0.15, -0.1) is 0 Å². The maximum absolute atomic E-state index is 12.3. The number of carbonyl (C=O) groups excluding carboxylic acids is 3. The molecule has 1 aliphatic rings. The van der Waals surface area contributed by atoms with Gasteiger partial charge in [0.15, 0.2) is 0 Å². The largest absolute Gasteiger partial charge is 0.423 e. The Bertz CT molecular complexity index is 1080. The van der Waals surface area contributed by atoms with E-state index in [1.165, 1.54) is 6.20 Å². The van der Waals surface area contributed by atoms with Crippen molar-refractivity contribution in [3.8, 4) is 5.75 Å². The summed E-state index contributed by atoms with van der Waals surface area (Å²) < 4.78 is 6.91. The van der Waals surface area contributed by atoms with E-state index in [1.54, 1.807) is 66.5 Å². The highest BCUT2D eigenvalue weighted by atomic mass is 16.5. The van der Waals surface area contributed by atoms with Gasteiger partial charge in [0.25, 0.3) is 5.91 Å². The first-order valence-electron chi connectivity index (χ1n) is 9.51. The Morgan fingerprint density at radius 3 is 2.17 bits per heavy atom. The fourth-order valence-electron chi connectivity index (χ4n) is 2.79. The van der Waals surface area contributed by atoms with E-state index in [1.807, 2.05) is 0 Å². The molecule has 0 aliphatic heterocycles. The number of carbonyl (C=O) groups is 3. The maximum Gasteiger partial charge on any atom is 0.343 e. The van der Waals surface area contributed by atoms with Crippen LogP contribution in [0.4, 0.5) is 11.4 Å². The van der Waals surface area contributed by atoms with Crippen LogP contribution in [0.25, 0.3) is 0 Å². The van der Waals surface area contributed by atoms with Gasteiger partial charge in [0.05, 0.1) is 17.3 Å². The van der Waals surface area contributed by atoms with Gasteiger partial charge in [-0.2, -0.15) is 5.10 Å². The summed E-state index contributed by atoms with van der Waals surface area (Å²) in [6.45, 7) is 0. The average Bonchev–Trinajstić information content (AvgIpc) is 3.50. The van der Waals surface area contributed by atoms with Crippen LogP contribution in [-0.2, 0) is 11.8 Å². The Hall–Kier alpha value is -3.94. The van der Waals surface area contributed by atoms with Crippen molar-refractivity contribution >= 4 is 29.2 Å². The molecular weight excluding hydrogens is 384 g/mol. The van der Waals surface area contributed by atoms with Crippen molar-refractivity contribution in [3.05, 3.63) is 72.1 Å². The minimum atomic E-state index is -0.512. The highest BCUT2D eigenvalue weighted by molar-refractivity contribution is 6.04. The predicted molar refractivity (Wildman–Crippen MR) is 110 cm³/mol. The van der Waals surface area contributed by atoms with E-state index < -0.39 is 5.97 Å². The molecule has 1 aliphatic carbocycles. The molecule has 3 aromatic rings. The molecule has 0 bridgehead atoms. The number of rotatable bonds is 6. The number of aromatic nitrogens is 2. The summed E-state index contributed by atoms with van der Waals surface area (Å²) >= 11 is 0. The SMILES string of the molecule is Cn1cc(C(=O)Nc2ccc(OC(=O)c3ccc(NC(=O)C4CC4)cc3)cc2)cn1. The lowest BCUT2D eigenvalue weighted by Gasteiger charge is -2.08. The second-order valence-electron chi connectivity index (χ2n) is 7.11. The zero-order valence-electron chi connectivity index (χ0n) is 16.3. The Morgan fingerprint density at radius 2 is 1.57 bits per heavy atom. The molecule has 0 unspecified atom stereocenters. The number of nitrogens with one attached hydrogen (secondary N) is 2. The Kier molecular flexibility index (Phi) is 5.30. The molecule has 8 heteroatoms. The fourth-order valence-corrected chi connectivity index (χ4v) is 2.79. The maximum atomic E-state index is 12.3. The van der Waals surface area contributed by atoms with E-state index in [4.69, 9.17) is 4.74 Å². The Labute approximate surface area is 172 Å². The van der Waals surface area contributed by atoms with Crippen molar-refractivity contribution in [2.45, 2.75) is 12.8 Å². The van der Waals surface area contributed by atoms with Crippen LogP contribution in [0.5, 0.6) is 5.75 Å². The number of anilines is 2. The molecule has 2 N–H and O–H groups in total. The number of benzene rings is 2. The number of aryl methyl sites for hydroxylation is 1. The van der Waals surface area contributed by atoms with Crippen LogP contribution in [0.3, 0.4) is 0 Å². The van der Waals surface area contributed by atoms with Crippen LogP contribution in [0, 0.1) is 5.92 Å². The van der Waals surface area contributed by atoms with Crippen LogP contribution >= 0.6 is 0 Å². The van der Waals surface area contributed by atoms with Crippen LogP contribution in [0.2, 0.25) is 0 Å². The van der Waals surface area contributed by atoms with Crippen molar-refractivity contribution < 1.29 is 19.1 Å². The number of hydrogen-bond acceptors (Lipinski definition) is 5. The van der Waals surface area contributed by atoms with Gasteiger partial charge >= 0.3 is 5.97 Å². The van der Waals surface area contributed by atoms with E-state index in [0.29, 0.717) is 28.3 Å². The van der Waals surface area contributed by atoms with Gasteiger partial charge in [0.2, 0.25) is 5.91 Å². The normalized spacial score (nSPS) is 12.8. The zero-order valence-corrected chi connectivity index (χ0v) is 16.3. The zero-order chi connectivity index (χ0) is 21.1. The van der Waals surface area contributed by atoms with Gasteiger partial charge in [-0.1, -0.05) is 0 Å². The van der Waals surface area contributed by atoms with E-state index in [2.05, 4.69) is 15.7 Å². The fraction of sp³-hybridized carbons (Fsp3) is 0.182. The van der Waals surface area contributed by atoms with Gasteiger partial charge < -0.3 is 15.4 Å². The molecule has 0 spiro atoms. The summed E-state index contributed by atoms with van der Waals surface area (Å²) in [5.41, 5.74) is 2.04. The van der Waals surface area contributed by atoms with Gasteiger partial charge in [-0.3, -0.25) is 14.3 Å². The first kappa shape index (κ1) is 19.4. The summed E-state index contributed by atoms with van der Waals surface area (Å²) in [4.78, 5) is 36.2. The van der Waals surface area contributed by atoms with E-state index in [0.717, 1.165) is 12.8 Å². The van der Waals surface area contributed by atoms with Crippen molar-refractivity contribution in [2.75, 3.05) is 10.6 Å². The monoisotopic (exact) mass is 404 g/mol. The summed E-state index contributed by atoms with van der Waals surface area (Å²) in [5, 5.41) is 9.54. The van der Waals surface area contributed by atoms with Gasteiger partial charge in [-0.25, -0.2) is 4.79 Å². The predicted octanol–water partition coefficient (Wildman–Crippen LogP) is 3.24. The summed E-state index contributed by atoms with van der Waals surface area (Å²) in [5.74, 6) is -0.304. The second kappa shape index (κ2) is 8.20. The van der Waals surface area contributed by atoms with Crippen LogP contribution in [0.15, 0.2) is 60.9 Å². The van der Waals surface area contributed by atoms with Crippen LogP contribution in [0.1, 0.15) is 33.6 Å². The lowest BCUT2D eigenvalue weighted by Crippen LogP contribution is -2.14. The Morgan fingerprint density at radius 1 is 0.933 bits per heavy atom. The lowest BCUT2D eigenvalue weighted by molar-refractivity contribution is -0.117. The molecule has 1 heterocycles. The number of hydrogen-bond donors (Lipinski definition) is 2. The number of amides is 2. The minimum absolute atomic E-state index is 0.0148. The highest BCUT2D eigenvalue weighted by Gasteiger charge is 2.29. The first-order valence-corrected chi connectivity index (χ1v) is 9.51. The third-order valence-corrected chi connectivity index (χ3v) is 4.63. The summed E-state index contributed by atoms with van der Waals surface area (Å²) in [7, 11) is 1.73. The Balaban J connectivity index is 1.32. The lowest BCUT2D eigenvalue weighted by atomic mass is 10.2. The van der Waals surface area contributed by atoms with E-state index >= 15 is 0 Å². The molecule has 4 rings (SSSR count). The topological polar surface area (TPSA) is 102 Å². The molecule has 30 heavy (non-hydrogen) atoms. The number of ether oxygens (including phenoxy) is 1. The molecule has 0 saturated heterocycles. The molecule has 2 amide bonds. The van der Waals surface area contributed by atoms with Crippen molar-refractivity contribution in [1.82, 2.24) is 9.78 Å². The molecule has 0 atom stereocenters. The molecule has 152 valence electrons. The molecule has 2 aromatic carbocycles. The van der Waals surface area contributed by atoms with Gasteiger partial charge in [-0.05, 0) is 61.4 Å². The first-order chi connectivity index (χ1) is 14.5. The third kappa shape index (κ3) is 4.72. The standard InChI is InChI=1S/C22H20N4O4/c1-26-13-16(12-23-26)21(28)25-18-8-10-19(11-9-18)30-22(29)15-4-6-17(7-5-15)24-20(27)14-2-3-14/h4-14H,2-3H2,1H3,(H,24,27)(H,25,28). The minimum Gasteiger partial charge on any atom is -0.423 e. The number of esters is 1. The molecule has 8 nitrogen and oxygen atoms in total.